The van der Waals surface area contributed by atoms with Crippen LogP contribution < -0.4 is 5.32 Å². The number of nitrogens with one attached hydrogen (secondary N) is 1. The zero-order valence-corrected chi connectivity index (χ0v) is 14.3. The Hall–Kier alpha value is -1.06. The van der Waals surface area contributed by atoms with Gasteiger partial charge in [-0.05, 0) is 35.5 Å². The highest BCUT2D eigenvalue weighted by Gasteiger charge is 2.68. The van der Waals surface area contributed by atoms with E-state index in [4.69, 9.17) is 5.11 Å². The lowest BCUT2D eigenvalue weighted by atomic mass is 9.88. The second-order valence-electron chi connectivity index (χ2n) is 7.89. The Bertz CT molecular complexity index is 385. The number of carbonyl (C=O) groups excluding carboxylic acids is 1. The minimum absolute atomic E-state index is 0.0673. The van der Waals surface area contributed by atoms with Crippen molar-refractivity contribution >= 4 is 11.9 Å². The standard InChI is InChI=1S/C17H31NO3/c1-11(2)12(7-8-13(19)20)9-10-18-15(21)14-16(3,4)17(14,5)6/h11-12,14H,7-10H2,1-6H3,(H,18,21)(H,19,20). The predicted octanol–water partition coefficient (Wildman–Crippen LogP) is 3.31. The first-order valence-corrected chi connectivity index (χ1v) is 8.01. The first-order chi connectivity index (χ1) is 9.51. The van der Waals surface area contributed by atoms with Crippen LogP contribution >= 0.6 is 0 Å². The van der Waals surface area contributed by atoms with Crippen molar-refractivity contribution in [3.05, 3.63) is 0 Å². The highest BCUT2D eigenvalue weighted by molar-refractivity contribution is 5.84. The molecule has 1 rings (SSSR count). The van der Waals surface area contributed by atoms with Crippen molar-refractivity contribution in [3.8, 4) is 0 Å². The molecule has 0 aliphatic heterocycles. The van der Waals surface area contributed by atoms with Crippen molar-refractivity contribution in [2.45, 2.75) is 60.8 Å². The van der Waals surface area contributed by atoms with E-state index in [9.17, 15) is 9.59 Å². The number of rotatable bonds is 8. The van der Waals surface area contributed by atoms with Gasteiger partial charge in [0.25, 0.3) is 0 Å². The monoisotopic (exact) mass is 297 g/mol. The van der Waals surface area contributed by atoms with Gasteiger partial charge < -0.3 is 10.4 Å². The molecule has 0 spiro atoms. The van der Waals surface area contributed by atoms with Crippen molar-refractivity contribution in [3.63, 3.8) is 0 Å². The highest BCUT2D eigenvalue weighted by atomic mass is 16.4. The fraction of sp³-hybridized carbons (Fsp3) is 0.882. The Kier molecular flexibility index (Phi) is 5.46. The summed E-state index contributed by atoms with van der Waals surface area (Å²) in [6.45, 7) is 13.4. The first kappa shape index (κ1) is 18.0. The molecule has 1 saturated carbocycles. The number of hydrogen-bond donors (Lipinski definition) is 2. The van der Waals surface area contributed by atoms with Gasteiger partial charge in [-0.2, -0.15) is 0 Å². The lowest BCUT2D eigenvalue weighted by molar-refractivity contribution is -0.137. The van der Waals surface area contributed by atoms with E-state index in [-0.39, 0.29) is 29.1 Å². The number of carboxylic acids is 1. The van der Waals surface area contributed by atoms with Crippen molar-refractivity contribution in [1.29, 1.82) is 0 Å². The molecule has 2 N–H and O–H groups in total. The third kappa shape index (κ3) is 3.98. The van der Waals surface area contributed by atoms with E-state index in [2.05, 4.69) is 46.9 Å². The second kappa shape index (κ2) is 6.37. The van der Waals surface area contributed by atoms with Crippen LogP contribution in [-0.2, 0) is 9.59 Å². The summed E-state index contributed by atoms with van der Waals surface area (Å²) in [5.41, 5.74) is 0.135. The predicted molar refractivity (Wildman–Crippen MR) is 83.9 cm³/mol. The molecule has 4 heteroatoms. The summed E-state index contributed by atoms with van der Waals surface area (Å²) >= 11 is 0. The molecule has 1 unspecified atom stereocenters. The molecular formula is C17H31NO3. The van der Waals surface area contributed by atoms with E-state index < -0.39 is 5.97 Å². The van der Waals surface area contributed by atoms with E-state index in [1.54, 1.807) is 0 Å². The first-order valence-electron chi connectivity index (χ1n) is 8.01. The molecule has 0 aromatic heterocycles. The van der Waals surface area contributed by atoms with Gasteiger partial charge in [-0.25, -0.2) is 0 Å². The Morgan fingerprint density at radius 1 is 1.10 bits per heavy atom. The summed E-state index contributed by atoms with van der Waals surface area (Å²) in [5.74, 6) is 0.273. The van der Waals surface area contributed by atoms with Gasteiger partial charge in [0, 0.05) is 18.9 Å². The van der Waals surface area contributed by atoms with Gasteiger partial charge in [0.1, 0.15) is 0 Å². The van der Waals surface area contributed by atoms with Gasteiger partial charge >= 0.3 is 5.97 Å². The van der Waals surface area contributed by atoms with Gasteiger partial charge in [0.15, 0.2) is 0 Å². The molecule has 1 amide bonds. The van der Waals surface area contributed by atoms with Gasteiger partial charge in [-0.1, -0.05) is 41.5 Å². The van der Waals surface area contributed by atoms with E-state index in [1.165, 1.54) is 0 Å². The van der Waals surface area contributed by atoms with Crippen molar-refractivity contribution in [1.82, 2.24) is 5.32 Å². The van der Waals surface area contributed by atoms with Gasteiger partial charge in [-0.15, -0.1) is 0 Å². The molecule has 0 aromatic carbocycles. The number of aliphatic carboxylic acids is 1. The summed E-state index contributed by atoms with van der Waals surface area (Å²) in [7, 11) is 0. The van der Waals surface area contributed by atoms with E-state index >= 15 is 0 Å². The summed E-state index contributed by atoms with van der Waals surface area (Å²) in [5, 5.41) is 11.8. The highest BCUT2D eigenvalue weighted by Crippen LogP contribution is 2.68. The van der Waals surface area contributed by atoms with Crippen LogP contribution in [0, 0.1) is 28.6 Å². The Balaban J connectivity index is 2.38. The molecule has 1 fully saturated rings. The lowest BCUT2D eigenvalue weighted by Crippen LogP contribution is -2.30. The fourth-order valence-corrected chi connectivity index (χ4v) is 3.45. The largest absolute Gasteiger partial charge is 0.481 e. The maximum atomic E-state index is 12.2. The normalized spacial score (nSPS) is 21.1. The van der Waals surface area contributed by atoms with Crippen LogP contribution in [0.5, 0.6) is 0 Å². The topological polar surface area (TPSA) is 66.4 Å². The van der Waals surface area contributed by atoms with Gasteiger partial charge in [0.05, 0.1) is 0 Å². The zero-order chi connectivity index (χ0) is 16.4. The van der Waals surface area contributed by atoms with Crippen LogP contribution in [0.2, 0.25) is 0 Å². The van der Waals surface area contributed by atoms with Crippen LogP contribution in [-0.4, -0.2) is 23.5 Å². The maximum Gasteiger partial charge on any atom is 0.303 e. The summed E-state index contributed by atoms with van der Waals surface area (Å²) in [6, 6.07) is 0. The zero-order valence-electron chi connectivity index (χ0n) is 14.3. The van der Waals surface area contributed by atoms with Crippen LogP contribution in [0.15, 0.2) is 0 Å². The second-order valence-corrected chi connectivity index (χ2v) is 7.89. The third-order valence-corrected chi connectivity index (χ3v) is 5.77. The van der Waals surface area contributed by atoms with Crippen molar-refractivity contribution in [2.75, 3.05) is 6.54 Å². The quantitative estimate of drug-likeness (QED) is 0.722. The van der Waals surface area contributed by atoms with Gasteiger partial charge in [-0.3, -0.25) is 9.59 Å². The molecular weight excluding hydrogens is 266 g/mol. The minimum Gasteiger partial charge on any atom is -0.481 e. The van der Waals surface area contributed by atoms with Crippen LogP contribution in [0.3, 0.4) is 0 Å². The molecule has 1 atom stereocenters. The van der Waals surface area contributed by atoms with Crippen LogP contribution in [0.1, 0.15) is 60.8 Å². The Labute approximate surface area is 128 Å². The maximum absolute atomic E-state index is 12.2. The van der Waals surface area contributed by atoms with Gasteiger partial charge in [0.2, 0.25) is 5.91 Å². The number of carboxylic acid groups (broad SMARTS) is 1. The SMILES string of the molecule is CC(C)C(CCNC(=O)C1C(C)(C)C1(C)C)CCC(=O)O. The summed E-state index contributed by atoms with van der Waals surface area (Å²) in [6.07, 6.45) is 1.74. The Morgan fingerprint density at radius 3 is 2.00 bits per heavy atom. The molecule has 0 bridgehead atoms. The van der Waals surface area contributed by atoms with Crippen LogP contribution in [0.25, 0.3) is 0 Å². The molecule has 122 valence electrons. The third-order valence-electron chi connectivity index (χ3n) is 5.77. The van der Waals surface area contributed by atoms with Crippen molar-refractivity contribution < 1.29 is 14.7 Å². The molecule has 21 heavy (non-hydrogen) atoms. The average molecular weight is 297 g/mol. The molecule has 1 aliphatic rings. The van der Waals surface area contributed by atoms with Crippen molar-refractivity contribution in [2.24, 2.45) is 28.6 Å². The smallest absolute Gasteiger partial charge is 0.303 e. The number of carbonyl (C=O) groups is 2. The van der Waals surface area contributed by atoms with E-state index in [1.807, 2.05) is 0 Å². The molecule has 0 heterocycles. The molecule has 0 saturated heterocycles. The van der Waals surface area contributed by atoms with Crippen LogP contribution in [0.4, 0.5) is 0 Å². The Morgan fingerprint density at radius 2 is 1.62 bits per heavy atom. The lowest BCUT2D eigenvalue weighted by Gasteiger charge is -2.20. The number of amides is 1. The molecule has 1 aliphatic carbocycles. The molecule has 0 radical (unpaired) electrons. The summed E-state index contributed by atoms with van der Waals surface area (Å²) < 4.78 is 0. The number of hydrogen-bond acceptors (Lipinski definition) is 2. The summed E-state index contributed by atoms with van der Waals surface area (Å²) in [4.78, 5) is 22.9. The molecule has 4 nitrogen and oxygen atoms in total. The minimum atomic E-state index is -0.744. The van der Waals surface area contributed by atoms with E-state index in [0.717, 1.165) is 6.42 Å². The fourth-order valence-electron chi connectivity index (χ4n) is 3.45. The van der Waals surface area contributed by atoms with E-state index in [0.29, 0.717) is 24.8 Å². The molecule has 0 aromatic rings. The average Bonchev–Trinajstić information content (AvgIpc) is 2.73.